The van der Waals surface area contributed by atoms with Crippen molar-refractivity contribution in [3.05, 3.63) is 53.1 Å². The van der Waals surface area contributed by atoms with Gasteiger partial charge in [0.25, 0.3) is 0 Å². The summed E-state index contributed by atoms with van der Waals surface area (Å²) in [6.45, 7) is 6.65. The molecule has 0 unspecified atom stereocenters. The molecule has 0 bridgehead atoms. The van der Waals surface area contributed by atoms with Crippen LogP contribution in [-0.2, 0) is 12.8 Å². The molecule has 0 atom stereocenters. The van der Waals surface area contributed by atoms with Crippen LogP contribution in [0, 0.1) is 6.92 Å². The third-order valence-electron chi connectivity index (χ3n) is 4.74. The lowest BCUT2D eigenvalue weighted by atomic mass is 9.95. The van der Waals surface area contributed by atoms with Crippen molar-refractivity contribution in [2.75, 3.05) is 7.11 Å². The zero-order chi connectivity index (χ0) is 17.1. The van der Waals surface area contributed by atoms with Gasteiger partial charge in [0.05, 0.1) is 7.11 Å². The summed E-state index contributed by atoms with van der Waals surface area (Å²) in [6, 6.07) is 13.1. The summed E-state index contributed by atoms with van der Waals surface area (Å²) in [4.78, 5) is 3.62. The minimum Gasteiger partial charge on any atom is -0.496 e. The Morgan fingerprint density at radius 3 is 2.12 bits per heavy atom. The molecule has 2 heteroatoms. The van der Waals surface area contributed by atoms with E-state index >= 15 is 0 Å². The lowest BCUT2D eigenvalue weighted by molar-refractivity contribution is 0.404. The number of ether oxygens (including phenoxy) is 1. The lowest BCUT2D eigenvalue weighted by Crippen LogP contribution is -1.99. The van der Waals surface area contributed by atoms with Gasteiger partial charge in [0.2, 0.25) is 0 Å². The first-order chi connectivity index (χ1) is 11.7. The van der Waals surface area contributed by atoms with E-state index in [2.05, 4.69) is 62.2 Å². The first kappa shape index (κ1) is 16.6. The third-order valence-corrected chi connectivity index (χ3v) is 4.74. The van der Waals surface area contributed by atoms with Crippen molar-refractivity contribution in [2.24, 2.45) is 0 Å². The average molecular weight is 321 g/mol. The predicted octanol–water partition coefficient (Wildman–Crippen LogP) is 6.06. The van der Waals surface area contributed by atoms with E-state index in [0.29, 0.717) is 0 Å². The fourth-order valence-corrected chi connectivity index (χ4v) is 3.64. The van der Waals surface area contributed by atoms with E-state index in [1.807, 2.05) is 0 Å². The Morgan fingerprint density at radius 1 is 0.958 bits per heavy atom. The van der Waals surface area contributed by atoms with Gasteiger partial charge in [0.1, 0.15) is 5.75 Å². The number of methoxy groups -OCH3 is 1. The summed E-state index contributed by atoms with van der Waals surface area (Å²) in [5.74, 6) is 1.08. The summed E-state index contributed by atoms with van der Waals surface area (Å²) in [6.07, 6.45) is 4.34. The lowest BCUT2D eigenvalue weighted by Gasteiger charge is -2.16. The van der Waals surface area contributed by atoms with Crippen molar-refractivity contribution in [2.45, 2.75) is 46.5 Å². The second kappa shape index (κ2) is 7.12. The standard InChI is InChI=1S/C22H27NO/c1-5-9-16-13-18(14-17(10-6-2)22(16)24-4)21-15(3)19-11-7-8-12-20(19)23-21/h7-8,11-14,23H,5-6,9-10H2,1-4H3. The number of aryl methyl sites for hydroxylation is 3. The molecule has 1 N–H and O–H groups in total. The molecule has 0 amide bonds. The first-order valence-corrected chi connectivity index (χ1v) is 8.97. The van der Waals surface area contributed by atoms with Gasteiger partial charge in [-0.2, -0.15) is 0 Å². The van der Waals surface area contributed by atoms with Gasteiger partial charge in [-0.25, -0.2) is 0 Å². The molecule has 24 heavy (non-hydrogen) atoms. The topological polar surface area (TPSA) is 25.0 Å². The maximum absolute atomic E-state index is 5.75. The number of rotatable bonds is 6. The Balaban J connectivity index is 2.20. The van der Waals surface area contributed by atoms with Crippen LogP contribution in [0.3, 0.4) is 0 Å². The minimum atomic E-state index is 1.05. The number of benzene rings is 2. The number of H-pyrrole nitrogens is 1. The van der Waals surface area contributed by atoms with Gasteiger partial charge in [-0.1, -0.05) is 44.9 Å². The molecule has 2 nitrogen and oxygen atoms in total. The van der Waals surface area contributed by atoms with Crippen LogP contribution >= 0.6 is 0 Å². The molecule has 0 aliphatic heterocycles. The third kappa shape index (κ3) is 2.93. The maximum atomic E-state index is 5.75. The molecule has 3 aromatic rings. The van der Waals surface area contributed by atoms with Gasteiger partial charge in [-0.05, 0) is 60.2 Å². The number of hydrogen-bond acceptors (Lipinski definition) is 1. The van der Waals surface area contributed by atoms with Crippen LogP contribution in [0.5, 0.6) is 5.75 Å². The second-order valence-corrected chi connectivity index (χ2v) is 6.50. The molecule has 0 aliphatic rings. The van der Waals surface area contributed by atoms with Crippen molar-refractivity contribution < 1.29 is 4.74 Å². The SMILES string of the molecule is CCCc1cc(-c2[nH]c3ccccc3c2C)cc(CCC)c1OC. The van der Waals surface area contributed by atoms with Gasteiger partial charge < -0.3 is 9.72 Å². The zero-order valence-corrected chi connectivity index (χ0v) is 15.2. The Bertz CT molecular complexity index is 817. The van der Waals surface area contributed by atoms with Gasteiger partial charge in [0.15, 0.2) is 0 Å². The number of para-hydroxylation sites is 1. The van der Waals surface area contributed by atoms with Gasteiger partial charge in [-0.15, -0.1) is 0 Å². The Kier molecular flexibility index (Phi) is 4.94. The molecule has 1 aromatic heterocycles. The number of fused-ring (bicyclic) bond motifs is 1. The van der Waals surface area contributed by atoms with Gasteiger partial charge in [0, 0.05) is 16.6 Å². The summed E-state index contributed by atoms with van der Waals surface area (Å²) in [7, 11) is 1.79. The predicted molar refractivity (Wildman–Crippen MR) is 103 cm³/mol. The molecule has 0 aliphatic carbocycles. The van der Waals surface area contributed by atoms with E-state index in [9.17, 15) is 0 Å². The molecule has 126 valence electrons. The molecule has 3 rings (SSSR count). The van der Waals surface area contributed by atoms with Gasteiger partial charge >= 0.3 is 0 Å². The molecule has 0 saturated carbocycles. The smallest absolute Gasteiger partial charge is 0.125 e. The molecule has 0 radical (unpaired) electrons. The van der Waals surface area contributed by atoms with Crippen molar-refractivity contribution in [3.8, 4) is 17.0 Å². The van der Waals surface area contributed by atoms with Crippen LogP contribution in [0.15, 0.2) is 36.4 Å². The van der Waals surface area contributed by atoms with Crippen LogP contribution in [0.4, 0.5) is 0 Å². The van der Waals surface area contributed by atoms with E-state index in [1.54, 1.807) is 7.11 Å². The Labute approximate surface area is 144 Å². The summed E-state index contributed by atoms with van der Waals surface area (Å²) >= 11 is 0. The highest BCUT2D eigenvalue weighted by Gasteiger charge is 2.15. The van der Waals surface area contributed by atoms with Crippen molar-refractivity contribution in [3.63, 3.8) is 0 Å². The van der Waals surface area contributed by atoms with E-state index in [4.69, 9.17) is 4.74 Å². The normalized spacial score (nSPS) is 11.2. The van der Waals surface area contributed by atoms with Crippen LogP contribution in [0.1, 0.15) is 43.4 Å². The Hall–Kier alpha value is -2.22. The van der Waals surface area contributed by atoms with E-state index < -0.39 is 0 Å². The number of aromatic nitrogens is 1. The molecule has 0 spiro atoms. The maximum Gasteiger partial charge on any atom is 0.125 e. The quantitative estimate of drug-likeness (QED) is 0.586. The number of nitrogens with one attached hydrogen (secondary N) is 1. The molecule has 0 saturated heterocycles. The van der Waals surface area contributed by atoms with Crippen LogP contribution in [0.25, 0.3) is 22.2 Å². The molecule has 0 fully saturated rings. The molecular formula is C22H27NO. The van der Waals surface area contributed by atoms with Gasteiger partial charge in [-0.3, -0.25) is 0 Å². The highest BCUT2D eigenvalue weighted by molar-refractivity contribution is 5.90. The van der Waals surface area contributed by atoms with Crippen LogP contribution in [-0.4, -0.2) is 12.1 Å². The second-order valence-electron chi connectivity index (χ2n) is 6.50. The fraction of sp³-hybridized carbons (Fsp3) is 0.364. The summed E-state index contributed by atoms with van der Waals surface area (Å²) in [5, 5.41) is 1.30. The summed E-state index contributed by atoms with van der Waals surface area (Å²) in [5.41, 5.74) is 7.67. The van der Waals surface area contributed by atoms with Crippen molar-refractivity contribution >= 4 is 10.9 Å². The molecule has 2 aromatic carbocycles. The van der Waals surface area contributed by atoms with Crippen molar-refractivity contribution in [1.29, 1.82) is 0 Å². The Morgan fingerprint density at radius 2 is 1.58 bits per heavy atom. The fourth-order valence-electron chi connectivity index (χ4n) is 3.64. The highest BCUT2D eigenvalue weighted by atomic mass is 16.5. The molecular weight excluding hydrogens is 294 g/mol. The average Bonchev–Trinajstić information content (AvgIpc) is 2.93. The first-order valence-electron chi connectivity index (χ1n) is 8.97. The van der Waals surface area contributed by atoms with Crippen LogP contribution < -0.4 is 4.74 Å². The van der Waals surface area contributed by atoms with E-state index in [0.717, 1.165) is 31.4 Å². The zero-order valence-electron chi connectivity index (χ0n) is 15.2. The molecule has 1 heterocycles. The monoisotopic (exact) mass is 321 g/mol. The number of hydrogen-bond donors (Lipinski definition) is 1. The highest BCUT2D eigenvalue weighted by Crippen LogP contribution is 2.35. The van der Waals surface area contributed by atoms with E-state index in [-0.39, 0.29) is 0 Å². The largest absolute Gasteiger partial charge is 0.496 e. The van der Waals surface area contributed by atoms with E-state index in [1.165, 1.54) is 38.9 Å². The van der Waals surface area contributed by atoms with Crippen LogP contribution in [0.2, 0.25) is 0 Å². The summed E-state index contributed by atoms with van der Waals surface area (Å²) < 4.78 is 5.75. The van der Waals surface area contributed by atoms with Crippen molar-refractivity contribution in [1.82, 2.24) is 4.98 Å². The number of aromatic amines is 1. The minimum absolute atomic E-state index is 1.05.